The number of nitrogens with zero attached hydrogens (tertiary/aromatic N) is 3. The molecule has 4 aromatic rings. The van der Waals surface area contributed by atoms with Crippen LogP contribution in [0.1, 0.15) is 18.4 Å². The van der Waals surface area contributed by atoms with Crippen LogP contribution < -0.4 is 5.32 Å². The minimum Gasteiger partial charge on any atom is -0.369 e. The molecule has 1 N–H and O–H groups in total. The SMILES string of the molecule is C[C@H](CNc1ccc(-c2nc(-c3cccc(F)c3)no2)cn1)c1ccccc1. The molecule has 2 aromatic carbocycles. The van der Waals surface area contributed by atoms with Gasteiger partial charge >= 0.3 is 0 Å². The topological polar surface area (TPSA) is 63.8 Å². The number of benzene rings is 2. The van der Waals surface area contributed by atoms with Crippen LogP contribution in [0.3, 0.4) is 0 Å². The molecule has 28 heavy (non-hydrogen) atoms. The lowest BCUT2D eigenvalue weighted by Crippen LogP contribution is -2.10. The van der Waals surface area contributed by atoms with E-state index in [0.29, 0.717) is 28.8 Å². The molecule has 5 nitrogen and oxygen atoms in total. The Morgan fingerprint density at radius 1 is 1.00 bits per heavy atom. The largest absolute Gasteiger partial charge is 0.369 e. The number of halogens is 1. The fourth-order valence-corrected chi connectivity index (χ4v) is 2.87. The smallest absolute Gasteiger partial charge is 0.259 e. The fraction of sp³-hybridized carbons (Fsp3) is 0.136. The normalized spacial score (nSPS) is 11.9. The summed E-state index contributed by atoms with van der Waals surface area (Å²) in [6, 6.07) is 20.2. The Bertz CT molecular complexity index is 1050. The number of hydrogen-bond donors (Lipinski definition) is 1. The summed E-state index contributed by atoms with van der Waals surface area (Å²) in [5.41, 5.74) is 2.55. The number of hydrogen-bond acceptors (Lipinski definition) is 5. The maximum Gasteiger partial charge on any atom is 0.259 e. The van der Waals surface area contributed by atoms with E-state index >= 15 is 0 Å². The van der Waals surface area contributed by atoms with Gasteiger partial charge in [0.2, 0.25) is 5.82 Å². The van der Waals surface area contributed by atoms with Gasteiger partial charge in [-0.05, 0) is 35.7 Å². The zero-order chi connectivity index (χ0) is 19.3. The molecule has 0 saturated carbocycles. The summed E-state index contributed by atoms with van der Waals surface area (Å²) in [6.45, 7) is 2.95. The molecule has 0 fully saturated rings. The van der Waals surface area contributed by atoms with Gasteiger partial charge in [-0.3, -0.25) is 0 Å². The summed E-state index contributed by atoms with van der Waals surface area (Å²) in [5.74, 6) is 1.49. The fourth-order valence-electron chi connectivity index (χ4n) is 2.87. The molecule has 2 heterocycles. The van der Waals surface area contributed by atoms with Crippen molar-refractivity contribution in [3.63, 3.8) is 0 Å². The lowest BCUT2D eigenvalue weighted by molar-refractivity contribution is 0.432. The Labute approximate surface area is 162 Å². The van der Waals surface area contributed by atoms with E-state index in [-0.39, 0.29) is 5.82 Å². The van der Waals surface area contributed by atoms with Crippen LogP contribution in [0.5, 0.6) is 0 Å². The van der Waals surface area contributed by atoms with Crippen molar-refractivity contribution in [3.05, 3.63) is 84.3 Å². The molecule has 0 aliphatic rings. The number of nitrogens with one attached hydrogen (secondary N) is 1. The first-order chi connectivity index (χ1) is 13.7. The predicted molar refractivity (Wildman–Crippen MR) is 106 cm³/mol. The zero-order valence-corrected chi connectivity index (χ0v) is 15.3. The molecular weight excluding hydrogens is 355 g/mol. The first kappa shape index (κ1) is 17.9. The molecule has 0 saturated heterocycles. The highest BCUT2D eigenvalue weighted by Crippen LogP contribution is 2.23. The Morgan fingerprint density at radius 2 is 1.86 bits per heavy atom. The number of aromatic nitrogens is 3. The summed E-state index contributed by atoms with van der Waals surface area (Å²) in [5, 5.41) is 7.26. The summed E-state index contributed by atoms with van der Waals surface area (Å²) >= 11 is 0. The third kappa shape index (κ3) is 4.06. The molecular formula is C22H19FN4O. The van der Waals surface area contributed by atoms with E-state index < -0.39 is 0 Å². The summed E-state index contributed by atoms with van der Waals surface area (Å²) < 4.78 is 18.7. The zero-order valence-electron chi connectivity index (χ0n) is 15.3. The van der Waals surface area contributed by atoms with Crippen LogP contribution >= 0.6 is 0 Å². The van der Waals surface area contributed by atoms with Crippen LogP contribution in [0.15, 0.2) is 77.4 Å². The van der Waals surface area contributed by atoms with E-state index in [2.05, 4.69) is 39.5 Å². The van der Waals surface area contributed by atoms with Crippen LogP contribution in [-0.2, 0) is 0 Å². The third-order valence-corrected chi connectivity index (χ3v) is 4.48. The van der Waals surface area contributed by atoms with Crippen LogP contribution in [0.4, 0.5) is 10.2 Å². The van der Waals surface area contributed by atoms with Gasteiger partial charge in [0.1, 0.15) is 11.6 Å². The Morgan fingerprint density at radius 3 is 2.61 bits per heavy atom. The number of anilines is 1. The van der Waals surface area contributed by atoms with Gasteiger partial charge in [-0.2, -0.15) is 4.98 Å². The van der Waals surface area contributed by atoms with Crippen LogP contribution in [0, 0.1) is 5.82 Å². The van der Waals surface area contributed by atoms with E-state index in [1.807, 2.05) is 30.3 Å². The van der Waals surface area contributed by atoms with Gasteiger partial charge in [-0.25, -0.2) is 9.37 Å². The average molecular weight is 374 g/mol. The van der Waals surface area contributed by atoms with Crippen LogP contribution in [0.25, 0.3) is 22.8 Å². The molecule has 0 unspecified atom stereocenters. The molecule has 6 heteroatoms. The molecule has 0 radical (unpaired) electrons. The summed E-state index contributed by atoms with van der Waals surface area (Å²) in [4.78, 5) is 8.75. The predicted octanol–water partition coefficient (Wildman–Crippen LogP) is 5.15. The first-order valence-corrected chi connectivity index (χ1v) is 9.04. The highest BCUT2D eigenvalue weighted by Gasteiger charge is 2.12. The molecule has 0 aliphatic carbocycles. The second kappa shape index (κ2) is 8.00. The molecule has 4 rings (SSSR count). The molecule has 0 amide bonds. The van der Waals surface area contributed by atoms with Gasteiger partial charge in [0.05, 0.1) is 5.56 Å². The van der Waals surface area contributed by atoms with E-state index in [1.54, 1.807) is 18.3 Å². The second-order valence-electron chi connectivity index (χ2n) is 6.56. The number of rotatable bonds is 6. The molecule has 140 valence electrons. The van der Waals surface area contributed by atoms with E-state index in [9.17, 15) is 4.39 Å². The van der Waals surface area contributed by atoms with Crippen molar-refractivity contribution in [3.8, 4) is 22.8 Å². The molecule has 0 bridgehead atoms. The Kier molecular flexibility index (Phi) is 5.10. The number of pyridine rings is 1. The highest BCUT2D eigenvalue weighted by atomic mass is 19.1. The van der Waals surface area contributed by atoms with Gasteiger partial charge < -0.3 is 9.84 Å². The maximum absolute atomic E-state index is 13.4. The van der Waals surface area contributed by atoms with E-state index in [4.69, 9.17) is 4.52 Å². The lowest BCUT2D eigenvalue weighted by atomic mass is 10.0. The van der Waals surface area contributed by atoms with Crippen molar-refractivity contribution in [2.24, 2.45) is 0 Å². The minimum absolute atomic E-state index is 0.341. The second-order valence-corrected chi connectivity index (χ2v) is 6.56. The van der Waals surface area contributed by atoms with Gasteiger partial charge in [-0.15, -0.1) is 0 Å². The van der Waals surface area contributed by atoms with Crippen molar-refractivity contribution in [1.82, 2.24) is 15.1 Å². The van der Waals surface area contributed by atoms with E-state index in [1.165, 1.54) is 17.7 Å². The van der Waals surface area contributed by atoms with Gasteiger partial charge in [0.25, 0.3) is 5.89 Å². The quantitative estimate of drug-likeness (QED) is 0.505. The van der Waals surface area contributed by atoms with Crippen molar-refractivity contribution in [2.75, 3.05) is 11.9 Å². The summed E-state index contributed by atoms with van der Waals surface area (Å²) in [7, 11) is 0. The Balaban J connectivity index is 1.42. The molecule has 0 spiro atoms. The highest BCUT2D eigenvalue weighted by molar-refractivity contribution is 5.60. The van der Waals surface area contributed by atoms with Gasteiger partial charge in [0, 0.05) is 18.3 Å². The Hall–Kier alpha value is -3.54. The van der Waals surface area contributed by atoms with E-state index in [0.717, 1.165) is 12.4 Å². The van der Waals surface area contributed by atoms with Crippen LogP contribution in [-0.4, -0.2) is 21.7 Å². The standard InChI is InChI=1S/C22H19FN4O/c1-15(16-6-3-2-4-7-16)13-24-20-11-10-18(14-25-20)22-26-21(27-28-22)17-8-5-9-19(23)12-17/h2-12,14-15H,13H2,1H3,(H,24,25)/t15-/m1/s1. The molecule has 0 aliphatic heterocycles. The van der Waals surface area contributed by atoms with Crippen molar-refractivity contribution < 1.29 is 8.91 Å². The van der Waals surface area contributed by atoms with Gasteiger partial charge in [0.15, 0.2) is 0 Å². The third-order valence-electron chi connectivity index (χ3n) is 4.48. The molecule has 1 atom stereocenters. The van der Waals surface area contributed by atoms with Gasteiger partial charge in [-0.1, -0.05) is 54.5 Å². The maximum atomic E-state index is 13.4. The first-order valence-electron chi connectivity index (χ1n) is 9.04. The monoisotopic (exact) mass is 374 g/mol. The lowest BCUT2D eigenvalue weighted by Gasteiger charge is -2.13. The average Bonchev–Trinajstić information content (AvgIpc) is 3.23. The molecule has 2 aromatic heterocycles. The minimum atomic E-state index is -0.342. The van der Waals surface area contributed by atoms with Crippen molar-refractivity contribution in [2.45, 2.75) is 12.8 Å². The van der Waals surface area contributed by atoms with Crippen LogP contribution in [0.2, 0.25) is 0 Å². The van der Waals surface area contributed by atoms with Crippen molar-refractivity contribution >= 4 is 5.82 Å². The summed E-state index contributed by atoms with van der Waals surface area (Å²) in [6.07, 6.45) is 1.68. The van der Waals surface area contributed by atoms with Crippen molar-refractivity contribution in [1.29, 1.82) is 0 Å².